The Balaban J connectivity index is 0.000000172. The number of H-pyrrole nitrogens is 1. The van der Waals surface area contributed by atoms with Gasteiger partial charge in [-0.05, 0) is 46.0 Å². The van der Waals surface area contributed by atoms with E-state index in [9.17, 15) is 0 Å². The minimum absolute atomic E-state index is 0.150. The molecule has 0 aliphatic carbocycles. The lowest BCUT2D eigenvalue weighted by Crippen LogP contribution is -2.29. The van der Waals surface area contributed by atoms with Gasteiger partial charge in [0, 0.05) is 22.5 Å². The predicted octanol–water partition coefficient (Wildman–Crippen LogP) is 8.71. The standard InChI is InChI=1S/C22H21B.C12H9N/c23-18-10-17-22(19-11-4-1-5-12-19,20-13-6-2-7-14-20)21-15-8-3-9-16-21;1-2-4-10-9(3-1)5-6-12-11(10)7-8-13-12/h1-9,11-16H,10,17-18H2;1-8,13H. The molecule has 0 saturated carbocycles. The van der Waals surface area contributed by atoms with E-state index >= 15 is 0 Å². The van der Waals surface area contributed by atoms with E-state index in [1.165, 1.54) is 38.4 Å². The fourth-order valence-electron chi connectivity index (χ4n) is 5.28. The maximum absolute atomic E-state index is 5.87. The van der Waals surface area contributed by atoms with Crippen molar-refractivity contribution < 1.29 is 0 Å². The van der Waals surface area contributed by atoms with Crippen LogP contribution in [0.25, 0.3) is 21.7 Å². The van der Waals surface area contributed by atoms with Crippen molar-refractivity contribution in [2.24, 2.45) is 0 Å². The SMILES string of the molecule is [B]CCCC(c1ccccc1)(c1ccccc1)c1ccccc1.c1ccc2c(c1)ccc1[nH]ccc12. The van der Waals surface area contributed by atoms with Gasteiger partial charge in [0.1, 0.15) is 0 Å². The average Bonchev–Trinajstić information content (AvgIpc) is 3.45. The third kappa shape index (κ3) is 4.72. The monoisotopic (exact) mass is 463 g/mol. The minimum Gasteiger partial charge on any atom is -0.361 e. The molecule has 1 aromatic heterocycles. The van der Waals surface area contributed by atoms with Crippen molar-refractivity contribution in [1.29, 1.82) is 0 Å². The molecule has 0 bridgehead atoms. The molecule has 0 amide bonds. The van der Waals surface area contributed by atoms with Gasteiger partial charge in [-0.3, -0.25) is 0 Å². The van der Waals surface area contributed by atoms with Crippen molar-refractivity contribution in [2.45, 2.75) is 24.6 Å². The Kier molecular flexibility index (Phi) is 7.33. The highest BCUT2D eigenvalue weighted by molar-refractivity contribution is 6.08. The van der Waals surface area contributed by atoms with Gasteiger partial charge in [0.25, 0.3) is 0 Å². The summed E-state index contributed by atoms with van der Waals surface area (Å²) >= 11 is 0. The van der Waals surface area contributed by atoms with Gasteiger partial charge in [0.2, 0.25) is 0 Å². The van der Waals surface area contributed by atoms with Gasteiger partial charge in [0.05, 0.1) is 7.85 Å². The molecule has 0 unspecified atom stereocenters. The van der Waals surface area contributed by atoms with Crippen molar-refractivity contribution >= 4 is 29.5 Å². The second-order valence-electron chi connectivity index (χ2n) is 9.12. The van der Waals surface area contributed by atoms with Crippen molar-refractivity contribution in [2.75, 3.05) is 0 Å². The molecule has 5 aromatic carbocycles. The molecule has 0 aliphatic heterocycles. The van der Waals surface area contributed by atoms with Crippen LogP contribution in [0, 0.1) is 0 Å². The molecular formula is C34H30BN. The van der Waals surface area contributed by atoms with Crippen LogP contribution in [0.5, 0.6) is 0 Å². The van der Waals surface area contributed by atoms with E-state index in [0.717, 1.165) is 12.8 Å². The summed E-state index contributed by atoms with van der Waals surface area (Å²) in [4.78, 5) is 3.21. The fraction of sp³-hybridized carbons (Fsp3) is 0.118. The first-order valence-corrected chi connectivity index (χ1v) is 12.6. The third-order valence-electron chi connectivity index (χ3n) is 7.02. The van der Waals surface area contributed by atoms with Gasteiger partial charge < -0.3 is 4.98 Å². The van der Waals surface area contributed by atoms with Crippen LogP contribution in [0.15, 0.2) is 140 Å². The summed E-state index contributed by atoms with van der Waals surface area (Å²) in [5, 5.41) is 3.92. The molecule has 2 heteroatoms. The number of aromatic nitrogens is 1. The predicted molar refractivity (Wildman–Crippen MR) is 155 cm³/mol. The topological polar surface area (TPSA) is 15.8 Å². The van der Waals surface area contributed by atoms with Crippen LogP contribution in [0.2, 0.25) is 6.32 Å². The maximum Gasteiger partial charge on any atom is 0.0653 e. The van der Waals surface area contributed by atoms with Crippen LogP contribution in [-0.4, -0.2) is 12.8 Å². The number of hydrogen-bond donors (Lipinski definition) is 1. The largest absolute Gasteiger partial charge is 0.361 e. The van der Waals surface area contributed by atoms with Crippen molar-refractivity contribution in [1.82, 2.24) is 4.98 Å². The molecule has 174 valence electrons. The first-order chi connectivity index (χ1) is 17.8. The molecule has 6 rings (SSSR count). The van der Waals surface area contributed by atoms with Gasteiger partial charge in [-0.15, -0.1) is 0 Å². The van der Waals surface area contributed by atoms with Gasteiger partial charge >= 0.3 is 0 Å². The Hall–Kier alpha value is -4.04. The zero-order valence-electron chi connectivity index (χ0n) is 20.5. The quantitative estimate of drug-likeness (QED) is 0.188. The summed E-state index contributed by atoms with van der Waals surface area (Å²) in [5.74, 6) is 0. The van der Waals surface area contributed by atoms with E-state index in [4.69, 9.17) is 7.85 Å². The molecule has 1 nitrogen and oxygen atoms in total. The molecule has 36 heavy (non-hydrogen) atoms. The number of nitrogens with one attached hydrogen (secondary N) is 1. The second-order valence-corrected chi connectivity index (χ2v) is 9.12. The molecule has 1 heterocycles. The lowest BCUT2D eigenvalue weighted by atomic mass is 9.66. The number of aromatic amines is 1. The first kappa shape index (κ1) is 23.7. The van der Waals surface area contributed by atoms with Crippen molar-refractivity contribution in [3.8, 4) is 0 Å². The summed E-state index contributed by atoms with van der Waals surface area (Å²) in [5.41, 5.74) is 5.03. The molecule has 1 N–H and O–H groups in total. The molecule has 6 aromatic rings. The lowest BCUT2D eigenvalue weighted by molar-refractivity contribution is 0.550. The Morgan fingerprint density at radius 2 is 1.06 bits per heavy atom. The van der Waals surface area contributed by atoms with Gasteiger partial charge in [-0.2, -0.15) is 0 Å². The summed E-state index contributed by atoms with van der Waals surface area (Å²) in [6, 6.07) is 47.2. The normalized spacial score (nSPS) is 11.2. The Morgan fingerprint density at radius 1 is 0.528 bits per heavy atom. The van der Waals surface area contributed by atoms with Crippen LogP contribution in [-0.2, 0) is 5.41 Å². The lowest BCUT2D eigenvalue weighted by Gasteiger charge is -2.36. The molecule has 0 fully saturated rings. The minimum atomic E-state index is -0.150. The van der Waals surface area contributed by atoms with Crippen molar-refractivity contribution in [3.63, 3.8) is 0 Å². The molecule has 0 saturated heterocycles. The zero-order valence-corrected chi connectivity index (χ0v) is 20.5. The van der Waals surface area contributed by atoms with Crippen LogP contribution < -0.4 is 0 Å². The van der Waals surface area contributed by atoms with E-state index in [2.05, 4.69) is 138 Å². The Bertz CT molecular complexity index is 1410. The highest BCUT2D eigenvalue weighted by Crippen LogP contribution is 2.43. The maximum atomic E-state index is 5.87. The highest BCUT2D eigenvalue weighted by Gasteiger charge is 2.35. The smallest absolute Gasteiger partial charge is 0.0653 e. The summed E-state index contributed by atoms with van der Waals surface area (Å²) in [6.45, 7) is 0. The average molecular weight is 463 g/mol. The molecule has 0 aliphatic rings. The van der Waals surface area contributed by atoms with E-state index in [1.807, 2.05) is 6.20 Å². The van der Waals surface area contributed by atoms with Crippen LogP contribution in [0.3, 0.4) is 0 Å². The number of rotatable bonds is 6. The van der Waals surface area contributed by atoms with Gasteiger partial charge in [-0.25, -0.2) is 0 Å². The number of hydrogen-bond acceptors (Lipinski definition) is 0. The van der Waals surface area contributed by atoms with E-state index in [1.54, 1.807) is 0 Å². The van der Waals surface area contributed by atoms with Crippen LogP contribution in [0.4, 0.5) is 0 Å². The van der Waals surface area contributed by atoms with Gasteiger partial charge in [-0.1, -0.05) is 134 Å². The summed E-state index contributed by atoms with van der Waals surface area (Å²) < 4.78 is 0. The Morgan fingerprint density at radius 3 is 1.61 bits per heavy atom. The van der Waals surface area contributed by atoms with E-state index < -0.39 is 0 Å². The second kappa shape index (κ2) is 11.1. The molecule has 0 spiro atoms. The van der Waals surface area contributed by atoms with E-state index in [-0.39, 0.29) is 5.41 Å². The highest BCUT2D eigenvalue weighted by atomic mass is 14.7. The molecule has 0 atom stereocenters. The van der Waals surface area contributed by atoms with Crippen LogP contribution in [0.1, 0.15) is 29.5 Å². The summed E-state index contributed by atoms with van der Waals surface area (Å²) in [7, 11) is 5.87. The van der Waals surface area contributed by atoms with Crippen molar-refractivity contribution in [3.05, 3.63) is 156 Å². The summed E-state index contributed by atoms with van der Waals surface area (Å²) in [6.07, 6.45) is 4.67. The fourth-order valence-corrected chi connectivity index (χ4v) is 5.28. The van der Waals surface area contributed by atoms with Gasteiger partial charge in [0.15, 0.2) is 0 Å². The number of fused-ring (bicyclic) bond motifs is 3. The number of benzene rings is 5. The molecular weight excluding hydrogens is 433 g/mol. The third-order valence-corrected chi connectivity index (χ3v) is 7.02. The zero-order chi connectivity index (χ0) is 24.6. The van der Waals surface area contributed by atoms with E-state index in [0.29, 0.717) is 6.32 Å². The first-order valence-electron chi connectivity index (χ1n) is 12.6. The molecule has 2 radical (unpaired) electrons. The Labute approximate surface area is 215 Å². The van der Waals surface area contributed by atoms with Crippen LogP contribution >= 0.6 is 0 Å².